The summed E-state index contributed by atoms with van der Waals surface area (Å²) in [5, 5.41) is 2.12. The average molecular weight is 522 g/mol. The van der Waals surface area contributed by atoms with Gasteiger partial charge in [-0.05, 0) is 91.8 Å². The summed E-state index contributed by atoms with van der Waals surface area (Å²) in [5.74, 6) is -0.175. The normalized spacial score (nSPS) is 15.8. The number of para-hydroxylation sites is 2. The molecule has 0 unspecified atom stereocenters. The van der Waals surface area contributed by atoms with Crippen LogP contribution >= 0.6 is 0 Å². The van der Waals surface area contributed by atoms with E-state index in [2.05, 4.69) is 4.98 Å². The molecule has 0 amide bonds. The third-order valence-corrected chi connectivity index (χ3v) is 7.37. The van der Waals surface area contributed by atoms with Gasteiger partial charge >= 0.3 is 0 Å². The Morgan fingerprint density at radius 2 is 1.23 bits per heavy atom. The molecule has 1 aromatic heterocycles. The van der Waals surface area contributed by atoms with E-state index in [4.69, 9.17) is 9.60 Å². The SMILES string of the molecule is [2H]c1c([2H])c([2H])c2c(-c3ccc4ccccc4c3)c3c([2H])c([2H])c([2H])c([2H])c3c(-c3cccc(-n4c(C([2H])([2H])[2H])nc5ccccc54)c3)c2c1[2H]. The molecule has 40 heavy (non-hydrogen) atoms. The Labute approximate surface area is 248 Å². The number of imidazole rings is 1. The van der Waals surface area contributed by atoms with E-state index in [-0.39, 0.29) is 62.7 Å². The Kier molecular flexibility index (Phi) is 3.18. The van der Waals surface area contributed by atoms with Crippen molar-refractivity contribution in [1.29, 1.82) is 0 Å². The molecule has 8 aromatic rings. The van der Waals surface area contributed by atoms with Crippen LogP contribution in [0.25, 0.3) is 71.3 Å². The number of hydrogen-bond acceptors (Lipinski definition) is 1. The highest BCUT2D eigenvalue weighted by atomic mass is 15.1. The van der Waals surface area contributed by atoms with Gasteiger partial charge in [0, 0.05) is 9.80 Å². The highest BCUT2D eigenvalue weighted by Gasteiger charge is 2.17. The minimum atomic E-state index is -2.59. The molecule has 0 aliphatic heterocycles. The lowest BCUT2D eigenvalue weighted by Gasteiger charge is -2.18. The first kappa shape index (κ1) is 14.3. The number of aryl methyl sites for hydroxylation is 1. The van der Waals surface area contributed by atoms with Gasteiger partial charge in [0.05, 0.1) is 22.0 Å². The van der Waals surface area contributed by atoms with Crippen LogP contribution in [0, 0.1) is 6.85 Å². The first-order valence-electron chi connectivity index (χ1n) is 18.3. The Morgan fingerprint density at radius 1 is 0.600 bits per heavy atom. The summed E-state index contributed by atoms with van der Waals surface area (Å²) in [6.45, 7) is -2.59. The molecule has 1 heterocycles. The second kappa shape index (κ2) is 8.93. The molecule has 8 rings (SSSR count). The Morgan fingerprint density at radius 3 is 1.93 bits per heavy atom. The summed E-state index contributed by atoms with van der Waals surface area (Å²) in [4.78, 5) is 4.42. The van der Waals surface area contributed by atoms with Crippen LogP contribution in [0.15, 0.2) is 139 Å². The Bertz CT molecular complexity index is 2700. The highest BCUT2D eigenvalue weighted by Crippen LogP contribution is 2.44. The van der Waals surface area contributed by atoms with Crippen LogP contribution in [0.5, 0.6) is 0 Å². The number of benzene rings is 7. The van der Waals surface area contributed by atoms with E-state index in [9.17, 15) is 5.48 Å². The largest absolute Gasteiger partial charge is 0.297 e. The molecule has 0 saturated heterocycles. The molecule has 0 bridgehead atoms. The first-order chi connectivity index (χ1) is 24.3. The van der Waals surface area contributed by atoms with E-state index in [1.54, 1.807) is 54.6 Å². The van der Waals surface area contributed by atoms with Crippen LogP contribution in [0.3, 0.4) is 0 Å². The standard InChI is InChI=1S/C38H26N2/c1-25-39-35-19-8-9-20-36(35)40(25)30-14-10-13-28(24-30)37-31-15-4-6-17-33(31)38(34-18-7-5-16-32(34)37)29-22-21-26-11-2-3-12-27(26)23-29/h2-24H,1H3/i1D3,4D,5D,6D,7D,15D,16D,17D,18D. The molecule has 0 spiro atoms. The van der Waals surface area contributed by atoms with Crippen molar-refractivity contribution >= 4 is 43.4 Å². The molecular formula is C38H26N2. The smallest absolute Gasteiger partial charge is 0.111 e. The molecule has 0 atom stereocenters. The molecule has 7 aromatic carbocycles. The summed E-state index contributed by atoms with van der Waals surface area (Å²) in [5.41, 5.74) is 2.70. The van der Waals surface area contributed by atoms with Crippen molar-refractivity contribution < 1.29 is 15.1 Å². The maximum absolute atomic E-state index is 9.25. The molecular weight excluding hydrogens is 484 g/mol. The molecule has 0 saturated carbocycles. The zero-order valence-corrected chi connectivity index (χ0v) is 21.1. The summed E-state index contributed by atoms with van der Waals surface area (Å²) in [6, 6.07) is 23.4. The number of hydrogen-bond donors (Lipinski definition) is 0. The van der Waals surface area contributed by atoms with Crippen molar-refractivity contribution in [3.63, 3.8) is 0 Å². The summed E-state index contributed by atoms with van der Waals surface area (Å²) in [6.07, 6.45) is 0. The van der Waals surface area contributed by atoms with E-state index < -0.39 is 31.0 Å². The number of rotatable bonds is 3. The predicted octanol–water partition coefficient (Wildman–Crippen LogP) is 10.1. The van der Waals surface area contributed by atoms with Gasteiger partial charge in [-0.2, -0.15) is 0 Å². The van der Waals surface area contributed by atoms with Crippen molar-refractivity contribution in [3.8, 4) is 27.9 Å². The van der Waals surface area contributed by atoms with E-state index in [0.717, 1.165) is 10.8 Å². The van der Waals surface area contributed by atoms with E-state index in [1.165, 1.54) is 4.57 Å². The molecule has 0 aliphatic carbocycles. The van der Waals surface area contributed by atoms with Crippen molar-refractivity contribution in [2.24, 2.45) is 0 Å². The molecule has 0 aliphatic rings. The van der Waals surface area contributed by atoms with Crippen LogP contribution in [-0.2, 0) is 0 Å². The lowest BCUT2D eigenvalue weighted by atomic mass is 9.85. The molecule has 0 fully saturated rings. The van der Waals surface area contributed by atoms with Gasteiger partial charge in [-0.3, -0.25) is 4.57 Å². The topological polar surface area (TPSA) is 17.8 Å². The van der Waals surface area contributed by atoms with Gasteiger partial charge in [0.1, 0.15) is 5.82 Å². The maximum atomic E-state index is 9.25. The van der Waals surface area contributed by atoms with Gasteiger partial charge in [0.25, 0.3) is 0 Å². The molecule has 188 valence electrons. The Balaban J connectivity index is 1.59. The number of fused-ring (bicyclic) bond motifs is 4. The van der Waals surface area contributed by atoms with Gasteiger partial charge in [0.15, 0.2) is 0 Å². The van der Waals surface area contributed by atoms with Gasteiger partial charge in [-0.25, -0.2) is 4.98 Å². The van der Waals surface area contributed by atoms with Crippen molar-refractivity contribution in [2.45, 2.75) is 6.85 Å². The lowest BCUT2D eigenvalue weighted by Crippen LogP contribution is -1.97. The quantitative estimate of drug-likeness (QED) is 0.211. The predicted molar refractivity (Wildman–Crippen MR) is 169 cm³/mol. The molecule has 2 nitrogen and oxygen atoms in total. The van der Waals surface area contributed by atoms with Gasteiger partial charge in [-0.1, -0.05) is 109 Å². The monoisotopic (exact) mass is 521 g/mol. The number of aromatic nitrogens is 2. The maximum Gasteiger partial charge on any atom is 0.111 e. The van der Waals surface area contributed by atoms with E-state index >= 15 is 0 Å². The summed E-state index contributed by atoms with van der Waals surface area (Å²) < 4.78 is 98.0. The van der Waals surface area contributed by atoms with Crippen LogP contribution in [0.2, 0.25) is 0 Å². The number of nitrogens with zero attached hydrogens (tertiary/aromatic N) is 2. The fourth-order valence-corrected chi connectivity index (χ4v) is 5.64. The van der Waals surface area contributed by atoms with Crippen molar-refractivity contribution in [1.82, 2.24) is 9.55 Å². The lowest BCUT2D eigenvalue weighted by molar-refractivity contribution is 1.00. The third-order valence-electron chi connectivity index (χ3n) is 7.37. The minimum Gasteiger partial charge on any atom is -0.297 e. The zero-order chi connectivity index (χ0) is 36.1. The van der Waals surface area contributed by atoms with Gasteiger partial charge in [0.2, 0.25) is 0 Å². The molecule has 0 N–H and O–H groups in total. The average Bonchev–Trinajstić information content (AvgIpc) is 3.54. The van der Waals surface area contributed by atoms with Crippen LogP contribution in [0.4, 0.5) is 0 Å². The highest BCUT2D eigenvalue weighted by molar-refractivity contribution is 6.21. The minimum absolute atomic E-state index is 0.0744. The second-order valence-corrected chi connectivity index (χ2v) is 9.62. The van der Waals surface area contributed by atoms with Gasteiger partial charge in [-0.15, -0.1) is 0 Å². The first-order valence-corrected chi connectivity index (χ1v) is 12.8. The fraction of sp³-hybridized carbons (Fsp3) is 0.0263. The Hall–Kier alpha value is -5.21. The fourth-order valence-electron chi connectivity index (χ4n) is 5.64. The van der Waals surface area contributed by atoms with Crippen molar-refractivity contribution in [3.05, 3.63) is 145 Å². The van der Waals surface area contributed by atoms with Gasteiger partial charge < -0.3 is 0 Å². The zero-order valence-electron chi connectivity index (χ0n) is 32.1. The third kappa shape index (κ3) is 3.47. The van der Waals surface area contributed by atoms with Crippen molar-refractivity contribution in [2.75, 3.05) is 0 Å². The second-order valence-electron chi connectivity index (χ2n) is 9.62. The van der Waals surface area contributed by atoms with E-state index in [1.807, 2.05) is 36.4 Å². The van der Waals surface area contributed by atoms with Crippen LogP contribution < -0.4 is 0 Å². The summed E-state index contributed by atoms with van der Waals surface area (Å²) in [7, 11) is 0. The summed E-state index contributed by atoms with van der Waals surface area (Å²) >= 11 is 0. The molecule has 2 heteroatoms. The molecule has 0 radical (unpaired) electrons. The van der Waals surface area contributed by atoms with Crippen LogP contribution in [0.1, 0.15) is 20.9 Å². The van der Waals surface area contributed by atoms with Crippen LogP contribution in [-0.4, -0.2) is 9.55 Å². The van der Waals surface area contributed by atoms with E-state index in [0.29, 0.717) is 27.8 Å².